The third kappa shape index (κ3) is 2.33. The lowest BCUT2D eigenvalue weighted by molar-refractivity contribution is 0.0421. The maximum Gasteiger partial charge on any atom is 0.412 e. The highest BCUT2D eigenvalue weighted by atomic mass is 16.6. The molecule has 2 aromatic carbocycles. The summed E-state index contributed by atoms with van der Waals surface area (Å²) in [5.41, 5.74) is 4.02. The van der Waals surface area contributed by atoms with Crippen LogP contribution in [0.25, 0.3) is 11.0 Å². The molecule has 1 amide bonds. The van der Waals surface area contributed by atoms with E-state index in [2.05, 4.69) is 29.4 Å². The van der Waals surface area contributed by atoms with Crippen LogP contribution in [0.5, 0.6) is 0 Å². The standard InChI is InChI=1S/C19H19N3O2/c1-11(12-7-5-4-6-8-12)17-20-15-9-13-14(10-16(15)21-17)22-18(23)24-19(13,2)3/h4-11H,1-3H3,(H,20,21)(H,22,23). The second-order valence-corrected chi connectivity index (χ2v) is 6.69. The van der Waals surface area contributed by atoms with Crippen molar-refractivity contribution in [2.45, 2.75) is 32.3 Å². The van der Waals surface area contributed by atoms with Gasteiger partial charge in [0.1, 0.15) is 11.4 Å². The lowest BCUT2D eigenvalue weighted by Crippen LogP contribution is -2.34. The maximum absolute atomic E-state index is 11.7. The minimum absolute atomic E-state index is 0.162. The van der Waals surface area contributed by atoms with Gasteiger partial charge in [-0.05, 0) is 31.5 Å². The molecule has 24 heavy (non-hydrogen) atoms. The summed E-state index contributed by atoms with van der Waals surface area (Å²) in [6.07, 6.45) is -0.430. The van der Waals surface area contributed by atoms with Crippen molar-refractivity contribution >= 4 is 22.8 Å². The number of hydrogen-bond acceptors (Lipinski definition) is 3. The van der Waals surface area contributed by atoms with Crippen molar-refractivity contribution < 1.29 is 9.53 Å². The Morgan fingerprint density at radius 3 is 2.67 bits per heavy atom. The van der Waals surface area contributed by atoms with E-state index in [9.17, 15) is 4.79 Å². The molecule has 0 saturated carbocycles. The van der Waals surface area contributed by atoms with Crippen molar-refractivity contribution in [2.75, 3.05) is 5.32 Å². The smallest absolute Gasteiger partial charge is 0.412 e. The number of benzene rings is 2. The van der Waals surface area contributed by atoms with E-state index < -0.39 is 11.7 Å². The van der Waals surface area contributed by atoms with Gasteiger partial charge in [0.15, 0.2) is 0 Å². The summed E-state index contributed by atoms with van der Waals surface area (Å²) in [7, 11) is 0. The lowest BCUT2D eigenvalue weighted by atomic mass is 9.94. The Bertz CT molecular complexity index is 928. The van der Waals surface area contributed by atoms with Gasteiger partial charge < -0.3 is 9.72 Å². The van der Waals surface area contributed by atoms with Gasteiger partial charge in [-0.15, -0.1) is 0 Å². The van der Waals surface area contributed by atoms with Gasteiger partial charge in [0.25, 0.3) is 0 Å². The van der Waals surface area contributed by atoms with Crippen LogP contribution in [-0.4, -0.2) is 16.1 Å². The topological polar surface area (TPSA) is 67.0 Å². The number of H-pyrrole nitrogens is 1. The van der Waals surface area contributed by atoms with Gasteiger partial charge in [-0.3, -0.25) is 5.32 Å². The molecule has 1 unspecified atom stereocenters. The zero-order valence-electron chi connectivity index (χ0n) is 13.9. The summed E-state index contributed by atoms with van der Waals surface area (Å²) in [4.78, 5) is 19.9. The number of imidazole rings is 1. The van der Waals surface area contributed by atoms with Crippen LogP contribution in [0.1, 0.15) is 43.6 Å². The van der Waals surface area contributed by atoms with Crippen LogP contribution in [0, 0.1) is 0 Å². The summed E-state index contributed by atoms with van der Waals surface area (Å²) in [6.45, 7) is 5.91. The number of nitrogens with zero attached hydrogens (tertiary/aromatic N) is 1. The minimum atomic E-state index is -0.665. The molecule has 1 atom stereocenters. The molecule has 122 valence electrons. The van der Waals surface area contributed by atoms with Crippen molar-refractivity contribution in [1.82, 2.24) is 9.97 Å². The van der Waals surface area contributed by atoms with Crippen LogP contribution < -0.4 is 5.32 Å². The first kappa shape index (κ1) is 14.8. The summed E-state index contributed by atoms with van der Waals surface area (Å²) < 4.78 is 5.39. The van der Waals surface area contributed by atoms with Crippen LogP contribution in [0.15, 0.2) is 42.5 Å². The number of cyclic esters (lactones) is 1. The first-order valence-electron chi connectivity index (χ1n) is 8.03. The Balaban J connectivity index is 1.81. The molecule has 0 aliphatic carbocycles. The van der Waals surface area contributed by atoms with Crippen molar-refractivity contribution in [1.29, 1.82) is 0 Å². The number of aromatic nitrogens is 2. The van der Waals surface area contributed by atoms with E-state index in [4.69, 9.17) is 9.72 Å². The average molecular weight is 321 g/mol. The highest BCUT2D eigenvalue weighted by molar-refractivity contribution is 5.93. The van der Waals surface area contributed by atoms with E-state index in [1.807, 2.05) is 44.2 Å². The van der Waals surface area contributed by atoms with Crippen LogP contribution in [0.2, 0.25) is 0 Å². The first-order valence-corrected chi connectivity index (χ1v) is 8.03. The number of ether oxygens (including phenoxy) is 1. The number of anilines is 1. The van der Waals surface area contributed by atoms with Gasteiger partial charge in [0, 0.05) is 11.5 Å². The van der Waals surface area contributed by atoms with Crippen molar-refractivity contribution in [3.05, 3.63) is 59.4 Å². The number of carbonyl (C=O) groups is 1. The van der Waals surface area contributed by atoms with Crippen LogP contribution in [0.4, 0.5) is 10.5 Å². The van der Waals surface area contributed by atoms with Crippen molar-refractivity contribution in [3.63, 3.8) is 0 Å². The number of fused-ring (bicyclic) bond motifs is 2. The molecular formula is C19H19N3O2. The van der Waals surface area contributed by atoms with Gasteiger partial charge in [0.05, 0.1) is 16.7 Å². The van der Waals surface area contributed by atoms with E-state index in [0.29, 0.717) is 0 Å². The van der Waals surface area contributed by atoms with Gasteiger partial charge in [-0.2, -0.15) is 0 Å². The number of amides is 1. The lowest BCUT2D eigenvalue weighted by Gasteiger charge is -2.32. The third-order valence-electron chi connectivity index (χ3n) is 4.58. The molecule has 0 spiro atoms. The van der Waals surface area contributed by atoms with E-state index >= 15 is 0 Å². The van der Waals surface area contributed by atoms with Gasteiger partial charge in [-0.25, -0.2) is 9.78 Å². The Morgan fingerprint density at radius 2 is 1.92 bits per heavy atom. The first-order chi connectivity index (χ1) is 11.4. The van der Waals surface area contributed by atoms with Crippen LogP contribution in [-0.2, 0) is 10.3 Å². The normalized spacial score (nSPS) is 17.0. The molecule has 0 fully saturated rings. The van der Waals surface area contributed by atoms with E-state index in [0.717, 1.165) is 28.1 Å². The molecule has 0 radical (unpaired) electrons. The minimum Gasteiger partial charge on any atom is -0.438 e. The van der Waals surface area contributed by atoms with E-state index in [-0.39, 0.29) is 5.92 Å². The molecule has 4 rings (SSSR count). The molecular weight excluding hydrogens is 302 g/mol. The van der Waals surface area contributed by atoms with Gasteiger partial charge in [-0.1, -0.05) is 37.3 Å². The van der Waals surface area contributed by atoms with Crippen LogP contribution in [0.3, 0.4) is 0 Å². The summed E-state index contributed by atoms with van der Waals surface area (Å²) in [6, 6.07) is 14.2. The van der Waals surface area contributed by atoms with Gasteiger partial charge >= 0.3 is 6.09 Å². The molecule has 3 aromatic rings. The number of rotatable bonds is 2. The quantitative estimate of drug-likeness (QED) is 0.729. The highest BCUT2D eigenvalue weighted by Crippen LogP contribution is 2.38. The number of nitrogens with one attached hydrogen (secondary N) is 2. The molecule has 2 N–H and O–H groups in total. The molecule has 1 aliphatic rings. The summed E-state index contributed by atoms with van der Waals surface area (Å²) in [5.74, 6) is 1.07. The summed E-state index contributed by atoms with van der Waals surface area (Å²) >= 11 is 0. The summed E-state index contributed by atoms with van der Waals surface area (Å²) in [5, 5.41) is 2.76. The Labute approximate surface area is 140 Å². The molecule has 2 heterocycles. The predicted octanol–water partition coefficient (Wildman–Crippen LogP) is 4.51. The monoisotopic (exact) mass is 321 g/mol. The zero-order chi connectivity index (χ0) is 16.9. The van der Waals surface area contributed by atoms with E-state index in [1.165, 1.54) is 5.56 Å². The van der Waals surface area contributed by atoms with Crippen molar-refractivity contribution in [3.8, 4) is 0 Å². The zero-order valence-corrected chi connectivity index (χ0v) is 13.9. The van der Waals surface area contributed by atoms with Crippen molar-refractivity contribution in [2.24, 2.45) is 0 Å². The molecule has 1 aliphatic heterocycles. The SMILES string of the molecule is CC(c1ccccc1)c1nc2cc3c(cc2[nH]1)C(C)(C)OC(=O)N3. The Hall–Kier alpha value is -2.82. The molecule has 1 aromatic heterocycles. The fourth-order valence-electron chi connectivity index (χ4n) is 3.20. The largest absolute Gasteiger partial charge is 0.438 e. The highest BCUT2D eigenvalue weighted by Gasteiger charge is 2.34. The molecule has 0 saturated heterocycles. The fraction of sp³-hybridized carbons (Fsp3) is 0.263. The molecule has 5 nitrogen and oxygen atoms in total. The second-order valence-electron chi connectivity index (χ2n) is 6.69. The third-order valence-corrected chi connectivity index (χ3v) is 4.58. The number of hydrogen-bond donors (Lipinski definition) is 2. The Kier molecular flexibility index (Phi) is 3.13. The number of aromatic amines is 1. The maximum atomic E-state index is 11.7. The predicted molar refractivity (Wildman–Crippen MR) is 93.2 cm³/mol. The molecule has 5 heteroatoms. The fourth-order valence-corrected chi connectivity index (χ4v) is 3.20. The average Bonchev–Trinajstić information content (AvgIpc) is 2.95. The van der Waals surface area contributed by atoms with E-state index in [1.54, 1.807) is 0 Å². The Morgan fingerprint density at radius 1 is 1.17 bits per heavy atom. The van der Waals surface area contributed by atoms with Gasteiger partial charge in [0.2, 0.25) is 0 Å². The second kappa shape index (κ2) is 5.09. The van der Waals surface area contributed by atoms with Crippen LogP contribution >= 0.6 is 0 Å². The molecule has 0 bridgehead atoms. The number of carbonyl (C=O) groups excluding carboxylic acids is 1.